The van der Waals surface area contributed by atoms with Crippen LogP contribution in [-0.4, -0.2) is 15.9 Å². The van der Waals surface area contributed by atoms with Gasteiger partial charge in [0, 0.05) is 23.2 Å². The largest absolute Gasteiger partial charge is 0.317 e. The molecule has 0 spiro atoms. The number of halogens is 1. The molecule has 3 heterocycles. The summed E-state index contributed by atoms with van der Waals surface area (Å²) in [6.07, 6.45) is 4.13. The number of rotatable bonds is 6. The number of thiazole rings is 1. The minimum Gasteiger partial charge on any atom is -0.317 e. The first kappa shape index (κ1) is 18.9. The summed E-state index contributed by atoms with van der Waals surface area (Å²) in [4.78, 5) is 22.2. The molecule has 1 saturated carbocycles. The van der Waals surface area contributed by atoms with Gasteiger partial charge in [-0.15, -0.1) is 11.3 Å². The van der Waals surface area contributed by atoms with Crippen LogP contribution >= 0.6 is 46.2 Å². The Balaban J connectivity index is 1.19. The van der Waals surface area contributed by atoms with E-state index in [-0.39, 0.29) is 17.7 Å². The first-order chi connectivity index (χ1) is 14.2. The number of carbonyl (C=O) groups excluding carboxylic acids is 1. The van der Waals surface area contributed by atoms with Crippen molar-refractivity contribution in [3.05, 3.63) is 64.8 Å². The molecule has 5 nitrogen and oxygen atoms in total. The predicted molar refractivity (Wildman–Crippen MR) is 122 cm³/mol. The standard InChI is InChI=1S/C20H15ClN4OS3/c21-15-9-22-10-16-18(15)23-20(28-16)24-19(26)14-8-13(14)11-3-5-12(6-4-11)29-25-17-2-1-7-27-17/h1-7,9-10,13-14,25H,8H2,(H,23,24,26). The molecule has 1 aromatic carbocycles. The summed E-state index contributed by atoms with van der Waals surface area (Å²) < 4.78 is 4.19. The summed E-state index contributed by atoms with van der Waals surface area (Å²) in [7, 11) is 0. The van der Waals surface area contributed by atoms with E-state index in [4.69, 9.17) is 11.6 Å². The van der Waals surface area contributed by atoms with Crippen LogP contribution in [0.2, 0.25) is 5.02 Å². The van der Waals surface area contributed by atoms with Gasteiger partial charge in [0.1, 0.15) is 5.52 Å². The van der Waals surface area contributed by atoms with Crippen molar-refractivity contribution < 1.29 is 4.79 Å². The number of nitrogens with zero attached hydrogens (tertiary/aromatic N) is 2. The van der Waals surface area contributed by atoms with Crippen molar-refractivity contribution in [3.8, 4) is 0 Å². The number of pyridine rings is 1. The van der Waals surface area contributed by atoms with Gasteiger partial charge in [0.2, 0.25) is 5.91 Å². The molecule has 146 valence electrons. The highest BCUT2D eigenvalue weighted by Gasteiger charge is 2.44. The minimum atomic E-state index is -0.0154. The van der Waals surface area contributed by atoms with E-state index in [0.717, 1.165) is 21.0 Å². The number of carbonyl (C=O) groups is 1. The summed E-state index contributed by atoms with van der Waals surface area (Å²) in [5.74, 6) is 0.258. The van der Waals surface area contributed by atoms with E-state index in [1.165, 1.54) is 16.9 Å². The van der Waals surface area contributed by atoms with Crippen molar-refractivity contribution in [1.29, 1.82) is 0 Å². The summed E-state index contributed by atoms with van der Waals surface area (Å²) in [5, 5.41) is 7.17. The molecule has 5 rings (SSSR count). The highest BCUT2D eigenvalue weighted by molar-refractivity contribution is 8.00. The third-order valence-electron chi connectivity index (χ3n) is 4.72. The lowest BCUT2D eigenvalue weighted by Gasteiger charge is -2.05. The third-order valence-corrected chi connectivity index (χ3v) is 7.64. The molecule has 0 radical (unpaired) electrons. The number of thiophene rings is 1. The lowest BCUT2D eigenvalue weighted by atomic mass is 10.1. The van der Waals surface area contributed by atoms with Crippen LogP contribution < -0.4 is 10.0 Å². The molecule has 0 saturated heterocycles. The fourth-order valence-electron chi connectivity index (χ4n) is 3.16. The van der Waals surface area contributed by atoms with Crippen molar-refractivity contribution in [3.63, 3.8) is 0 Å². The maximum atomic E-state index is 12.6. The smallest absolute Gasteiger partial charge is 0.229 e. The minimum absolute atomic E-state index is 0.0101. The molecule has 2 unspecified atom stereocenters. The topological polar surface area (TPSA) is 66.9 Å². The molecule has 2 N–H and O–H groups in total. The summed E-state index contributed by atoms with van der Waals surface area (Å²) in [6, 6.07) is 12.5. The first-order valence-electron chi connectivity index (χ1n) is 8.94. The average molecular weight is 459 g/mol. The van der Waals surface area contributed by atoms with Gasteiger partial charge >= 0.3 is 0 Å². The molecule has 0 bridgehead atoms. The van der Waals surface area contributed by atoms with Gasteiger partial charge in [-0.05, 0) is 59.5 Å². The van der Waals surface area contributed by atoms with Gasteiger partial charge in [-0.2, -0.15) is 0 Å². The fourth-order valence-corrected chi connectivity index (χ4v) is 5.61. The number of hydrogen-bond acceptors (Lipinski definition) is 7. The van der Waals surface area contributed by atoms with Crippen LogP contribution in [0.15, 0.2) is 59.1 Å². The van der Waals surface area contributed by atoms with Gasteiger partial charge in [-0.25, -0.2) is 4.98 Å². The molecule has 1 fully saturated rings. The van der Waals surface area contributed by atoms with E-state index >= 15 is 0 Å². The fraction of sp³-hybridized carbons (Fsp3) is 0.150. The molecule has 29 heavy (non-hydrogen) atoms. The average Bonchev–Trinajstić information content (AvgIpc) is 3.15. The Morgan fingerprint density at radius 3 is 2.83 bits per heavy atom. The van der Waals surface area contributed by atoms with Gasteiger partial charge in [0.15, 0.2) is 5.13 Å². The molecule has 1 amide bonds. The lowest BCUT2D eigenvalue weighted by molar-refractivity contribution is -0.117. The molecule has 9 heteroatoms. The second kappa shape index (κ2) is 7.95. The Morgan fingerprint density at radius 1 is 1.21 bits per heavy atom. The molecular formula is C20H15ClN4OS3. The van der Waals surface area contributed by atoms with Crippen LogP contribution in [0, 0.1) is 5.92 Å². The second-order valence-corrected chi connectivity index (χ2v) is 9.94. The molecule has 1 aliphatic carbocycles. The first-order valence-corrected chi connectivity index (χ1v) is 11.8. The molecule has 2 atom stereocenters. The molecule has 4 aromatic rings. The van der Waals surface area contributed by atoms with E-state index in [1.54, 1.807) is 35.7 Å². The highest BCUT2D eigenvalue weighted by atomic mass is 35.5. The van der Waals surface area contributed by atoms with Crippen LogP contribution in [0.3, 0.4) is 0 Å². The quantitative estimate of drug-likeness (QED) is 0.333. The SMILES string of the molecule is O=C(Nc1nc2c(Cl)cncc2s1)C1CC1c1ccc(SNc2cccs2)cc1. The van der Waals surface area contributed by atoms with Crippen LogP contribution in [0.4, 0.5) is 10.1 Å². The molecular weight excluding hydrogens is 444 g/mol. The summed E-state index contributed by atoms with van der Waals surface area (Å²) in [5.41, 5.74) is 1.88. The van der Waals surface area contributed by atoms with Gasteiger partial charge in [0.25, 0.3) is 0 Å². The highest BCUT2D eigenvalue weighted by Crippen LogP contribution is 2.48. The second-order valence-electron chi connectivity index (χ2n) is 6.68. The van der Waals surface area contributed by atoms with Gasteiger partial charge in [0.05, 0.1) is 14.7 Å². The van der Waals surface area contributed by atoms with Gasteiger partial charge < -0.3 is 10.0 Å². The van der Waals surface area contributed by atoms with Crippen LogP contribution in [-0.2, 0) is 4.79 Å². The number of aromatic nitrogens is 2. The number of fused-ring (bicyclic) bond motifs is 1. The summed E-state index contributed by atoms with van der Waals surface area (Å²) >= 11 is 10.8. The molecule has 0 aliphatic heterocycles. The Bertz CT molecular complexity index is 1160. The third kappa shape index (κ3) is 4.11. The van der Waals surface area contributed by atoms with E-state index in [2.05, 4.69) is 50.3 Å². The van der Waals surface area contributed by atoms with Crippen LogP contribution in [0.1, 0.15) is 17.9 Å². The van der Waals surface area contributed by atoms with Gasteiger partial charge in [-0.1, -0.05) is 35.1 Å². The maximum absolute atomic E-state index is 12.6. The maximum Gasteiger partial charge on any atom is 0.229 e. The summed E-state index contributed by atoms with van der Waals surface area (Å²) in [6.45, 7) is 0. The number of hydrogen-bond donors (Lipinski definition) is 2. The normalized spacial score (nSPS) is 18.0. The van der Waals surface area contributed by atoms with Crippen molar-refractivity contribution in [2.45, 2.75) is 17.2 Å². The van der Waals surface area contributed by atoms with E-state index < -0.39 is 0 Å². The molecule has 1 aliphatic rings. The number of anilines is 2. The van der Waals surface area contributed by atoms with E-state index in [0.29, 0.717) is 15.7 Å². The Morgan fingerprint density at radius 2 is 2.07 bits per heavy atom. The Kier molecular flexibility index (Phi) is 5.17. The molecule has 3 aromatic heterocycles. The van der Waals surface area contributed by atoms with Crippen LogP contribution in [0.25, 0.3) is 10.2 Å². The predicted octanol–water partition coefficient (Wildman–Crippen LogP) is 6.27. The zero-order chi connectivity index (χ0) is 19.8. The lowest BCUT2D eigenvalue weighted by Crippen LogP contribution is -2.14. The number of benzene rings is 1. The zero-order valence-electron chi connectivity index (χ0n) is 15.0. The van der Waals surface area contributed by atoms with Crippen LogP contribution in [0.5, 0.6) is 0 Å². The Hall–Kier alpha value is -2.13. The monoisotopic (exact) mass is 458 g/mol. The van der Waals surface area contributed by atoms with Crippen molar-refractivity contribution in [2.75, 3.05) is 10.0 Å². The van der Waals surface area contributed by atoms with Gasteiger partial charge in [-0.3, -0.25) is 9.78 Å². The van der Waals surface area contributed by atoms with E-state index in [1.807, 2.05) is 11.4 Å². The Labute approximate surface area is 184 Å². The zero-order valence-corrected chi connectivity index (χ0v) is 18.2. The van der Waals surface area contributed by atoms with Crippen molar-refractivity contribution in [2.24, 2.45) is 5.92 Å². The number of amides is 1. The van der Waals surface area contributed by atoms with E-state index in [9.17, 15) is 4.79 Å². The van der Waals surface area contributed by atoms with Crippen molar-refractivity contribution in [1.82, 2.24) is 9.97 Å². The van der Waals surface area contributed by atoms with Crippen molar-refractivity contribution >= 4 is 72.5 Å². The number of nitrogens with one attached hydrogen (secondary N) is 2.